The Bertz CT molecular complexity index is 265. The van der Waals surface area contributed by atoms with Crippen molar-refractivity contribution in [2.75, 3.05) is 13.6 Å². The van der Waals surface area contributed by atoms with Gasteiger partial charge in [-0.05, 0) is 20.3 Å². The summed E-state index contributed by atoms with van der Waals surface area (Å²) in [5, 5.41) is 8.72. The van der Waals surface area contributed by atoms with Gasteiger partial charge in [0.15, 0.2) is 0 Å². The molecule has 14 heavy (non-hydrogen) atoms. The van der Waals surface area contributed by atoms with Crippen LogP contribution in [-0.4, -0.2) is 45.5 Å². The SMILES string of the molecule is CN1CCC(SC(C)(C)C(=O)O)C1=O. The van der Waals surface area contributed by atoms with E-state index in [1.165, 1.54) is 11.8 Å². The lowest BCUT2D eigenvalue weighted by Gasteiger charge is -2.21. The molecule has 1 unspecified atom stereocenters. The number of carbonyl (C=O) groups is 2. The van der Waals surface area contributed by atoms with E-state index in [0.29, 0.717) is 0 Å². The second kappa shape index (κ2) is 3.81. The Morgan fingerprint density at radius 1 is 1.64 bits per heavy atom. The van der Waals surface area contributed by atoms with Crippen molar-refractivity contribution in [2.24, 2.45) is 0 Å². The zero-order chi connectivity index (χ0) is 10.9. The molecule has 80 valence electrons. The lowest BCUT2D eigenvalue weighted by molar-refractivity contribution is -0.138. The van der Waals surface area contributed by atoms with Gasteiger partial charge in [0.1, 0.15) is 4.75 Å². The summed E-state index contributed by atoms with van der Waals surface area (Å²) in [4.78, 5) is 24.0. The summed E-state index contributed by atoms with van der Waals surface area (Å²) in [6.45, 7) is 3.99. The van der Waals surface area contributed by atoms with Crippen LogP contribution in [-0.2, 0) is 9.59 Å². The quantitative estimate of drug-likeness (QED) is 0.760. The highest BCUT2D eigenvalue weighted by Gasteiger charge is 2.38. The maximum Gasteiger partial charge on any atom is 0.319 e. The third-order valence-electron chi connectivity index (χ3n) is 2.33. The van der Waals surface area contributed by atoms with Crippen LogP contribution in [0.15, 0.2) is 0 Å². The molecule has 5 heteroatoms. The smallest absolute Gasteiger partial charge is 0.319 e. The summed E-state index contributed by atoms with van der Waals surface area (Å²) >= 11 is 1.24. The number of likely N-dealkylation sites (tertiary alicyclic amines) is 1. The molecule has 1 N–H and O–H groups in total. The second-order valence-corrected chi connectivity index (χ2v) is 5.80. The Kier molecular flexibility index (Phi) is 3.09. The van der Waals surface area contributed by atoms with E-state index < -0.39 is 10.7 Å². The Morgan fingerprint density at radius 3 is 2.57 bits per heavy atom. The molecule has 0 aromatic heterocycles. The van der Waals surface area contributed by atoms with Gasteiger partial charge >= 0.3 is 5.97 Å². The first kappa shape index (κ1) is 11.4. The van der Waals surface area contributed by atoms with E-state index in [1.807, 2.05) is 0 Å². The van der Waals surface area contributed by atoms with Gasteiger partial charge in [0.2, 0.25) is 5.91 Å². The fraction of sp³-hybridized carbons (Fsp3) is 0.778. The average molecular weight is 217 g/mol. The third-order valence-corrected chi connectivity index (χ3v) is 3.82. The number of thioether (sulfide) groups is 1. The van der Waals surface area contributed by atoms with Gasteiger partial charge in [0.25, 0.3) is 0 Å². The van der Waals surface area contributed by atoms with E-state index in [9.17, 15) is 9.59 Å². The Balaban J connectivity index is 2.62. The zero-order valence-electron chi connectivity index (χ0n) is 8.61. The minimum Gasteiger partial charge on any atom is -0.480 e. The topological polar surface area (TPSA) is 57.6 Å². The molecule has 1 rings (SSSR count). The molecule has 1 heterocycles. The van der Waals surface area contributed by atoms with Gasteiger partial charge < -0.3 is 10.0 Å². The van der Waals surface area contributed by atoms with Crippen LogP contribution in [0.5, 0.6) is 0 Å². The molecule has 1 saturated heterocycles. The van der Waals surface area contributed by atoms with Crippen LogP contribution in [0.3, 0.4) is 0 Å². The molecule has 1 fully saturated rings. The van der Waals surface area contributed by atoms with Crippen LogP contribution in [0.4, 0.5) is 0 Å². The predicted octanol–water partition coefficient (Wildman–Crippen LogP) is 0.813. The highest BCUT2D eigenvalue weighted by atomic mass is 32.2. The molecule has 1 aliphatic heterocycles. The first-order valence-corrected chi connectivity index (χ1v) is 5.39. The van der Waals surface area contributed by atoms with Crippen molar-refractivity contribution in [1.82, 2.24) is 4.90 Å². The summed E-state index contributed by atoms with van der Waals surface area (Å²) in [6, 6.07) is 0. The summed E-state index contributed by atoms with van der Waals surface area (Å²) in [7, 11) is 1.75. The van der Waals surface area contributed by atoms with Gasteiger partial charge in [-0.3, -0.25) is 9.59 Å². The molecule has 0 spiro atoms. The third kappa shape index (κ3) is 2.20. The molecule has 1 atom stereocenters. The molecule has 1 amide bonds. The number of carbonyl (C=O) groups excluding carboxylic acids is 1. The van der Waals surface area contributed by atoms with E-state index in [2.05, 4.69) is 0 Å². The molecular formula is C9H15NO3S. The molecule has 0 bridgehead atoms. The second-order valence-electron chi connectivity index (χ2n) is 3.97. The van der Waals surface area contributed by atoms with Gasteiger partial charge in [0.05, 0.1) is 5.25 Å². The highest BCUT2D eigenvalue weighted by Crippen LogP contribution is 2.34. The summed E-state index contributed by atoms with van der Waals surface area (Å²) in [5.41, 5.74) is 0. The molecule has 0 aromatic carbocycles. The van der Waals surface area contributed by atoms with E-state index in [1.54, 1.807) is 25.8 Å². The standard InChI is InChI=1S/C9H15NO3S/c1-9(2,8(12)13)14-6-4-5-10(3)7(6)11/h6H,4-5H2,1-3H3,(H,12,13). The molecular weight excluding hydrogens is 202 g/mol. The zero-order valence-corrected chi connectivity index (χ0v) is 9.43. The van der Waals surface area contributed by atoms with E-state index in [-0.39, 0.29) is 11.2 Å². The number of rotatable bonds is 3. The number of aliphatic carboxylic acids is 1. The number of carboxylic acid groups (broad SMARTS) is 1. The molecule has 0 aliphatic carbocycles. The van der Waals surface area contributed by atoms with Gasteiger partial charge in [-0.1, -0.05) is 0 Å². The van der Waals surface area contributed by atoms with Crippen molar-refractivity contribution in [2.45, 2.75) is 30.3 Å². The molecule has 1 aliphatic rings. The number of amides is 1. The van der Waals surface area contributed by atoms with Crippen molar-refractivity contribution >= 4 is 23.6 Å². The van der Waals surface area contributed by atoms with Gasteiger partial charge in [-0.2, -0.15) is 0 Å². The summed E-state index contributed by atoms with van der Waals surface area (Å²) in [6.07, 6.45) is 0.747. The average Bonchev–Trinajstić information content (AvgIpc) is 2.35. The molecule has 0 saturated carbocycles. The van der Waals surface area contributed by atoms with E-state index in [0.717, 1.165) is 13.0 Å². The van der Waals surface area contributed by atoms with Crippen LogP contribution in [0.25, 0.3) is 0 Å². The van der Waals surface area contributed by atoms with Crippen molar-refractivity contribution in [1.29, 1.82) is 0 Å². The van der Waals surface area contributed by atoms with Gasteiger partial charge in [0, 0.05) is 13.6 Å². The first-order valence-electron chi connectivity index (χ1n) is 4.51. The maximum absolute atomic E-state index is 11.5. The van der Waals surface area contributed by atoms with Crippen LogP contribution >= 0.6 is 11.8 Å². The predicted molar refractivity (Wildman–Crippen MR) is 55.3 cm³/mol. The fourth-order valence-electron chi connectivity index (χ4n) is 1.31. The molecule has 4 nitrogen and oxygen atoms in total. The Morgan fingerprint density at radius 2 is 2.21 bits per heavy atom. The Labute approximate surface area is 87.7 Å². The van der Waals surface area contributed by atoms with E-state index in [4.69, 9.17) is 5.11 Å². The maximum atomic E-state index is 11.5. The monoisotopic (exact) mass is 217 g/mol. The lowest BCUT2D eigenvalue weighted by Crippen LogP contribution is -2.33. The normalized spacial score (nSPS) is 22.9. The van der Waals surface area contributed by atoms with Crippen molar-refractivity contribution in [3.05, 3.63) is 0 Å². The molecule has 0 aromatic rings. The summed E-state index contributed by atoms with van der Waals surface area (Å²) < 4.78 is -0.883. The van der Waals surface area contributed by atoms with Crippen molar-refractivity contribution < 1.29 is 14.7 Å². The molecule has 0 radical (unpaired) electrons. The largest absolute Gasteiger partial charge is 0.480 e. The van der Waals surface area contributed by atoms with Crippen LogP contribution in [0.1, 0.15) is 20.3 Å². The number of carboxylic acids is 1. The van der Waals surface area contributed by atoms with Gasteiger partial charge in [-0.15, -0.1) is 11.8 Å². The highest BCUT2D eigenvalue weighted by molar-refractivity contribution is 8.02. The fourth-order valence-corrected chi connectivity index (χ4v) is 2.62. The minimum absolute atomic E-state index is 0.0457. The lowest BCUT2D eigenvalue weighted by atomic mass is 10.2. The summed E-state index contributed by atoms with van der Waals surface area (Å²) in [5.74, 6) is -0.825. The van der Waals surface area contributed by atoms with Gasteiger partial charge in [-0.25, -0.2) is 0 Å². The van der Waals surface area contributed by atoms with Crippen LogP contribution in [0.2, 0.25) is 0 Å². The number of hydrogen-bond donors (Lipinski definition) is 1. The Hall–Kier alpha value is -0.710. The van der Waals surface area contributed by atoms with Crippen LogP contribution < -0.4 is 0 Å². The number of hydrogen-bond acceptors (Lipinski definition) is 3. The van der Waals surface area contributed by atoms with Crippen LogP contribution in [0, 0.1) is 0 Å². The van der Waals surface area contributed by atoms with Crippen molar-refractivity contribution in [3.63, 3.8) is 0 Å². The number of nitrogens with zero attached hydrogens (tertiary/aromatic N) is 1. The van der Waals surface area contributed by atoms with E-state index >= 15 is 0 Å². The first-order chi connectivity index (χ1) is 6.34. The van der Waals surface area contributed by atoms with Crippen molar-refractivity contribution in [3.8, 4) is 0 Å². The minimum atomic E-state index is -0.883.